The smallest absolute Gasteiger partial charge is 0.257 e. The zero-order valence-electron chi connectivity index (χ0n) is 16.2. The van der Waals surface area contributed by atoms with Gasteiger partial charge < -0.3 is 5.32 Å². The van der Waals surface area contributed by atoms with Gasteiger partial charge in [0.15, 0.2) is 5.13 Å². The molecule has 162 valence electrons. The number of benzene rings is 1. The summed E-state index contributed by atoms with van der Waals surface area (Å²) in [6, 6.07) is 6.76. The summed E-state index contributed by atoms with van der Waals surface area (Å²) in [5.41, 5.74) is 0. The second-order valence-corrected chi connectivity index (χ2v) is 9.64. The number of sulfonamides is 1. The summed E-state index contributed by atoms with van der Waals surface area (Å²) in [6.45, 7) is 4.33. The molecule has 0 amide bonds. The number of halogens is 3. The van der Waals surface area contributed by atoms with Crippen LogP contribution in [0.4, 0.5) is 13.9 Å². The molecule has 1 aromatic carbocycles. The first-order valence-corrected chi connectivity index (χ1v) is 12.0. The fourth-order valence-corrected chi connectivity index (χ4v) is 4.53. The monoisotopic (exact) mass is 466 g/mol. The van der Waals surface area contributed by atoms with Gasteiger partial charge in [0.25, 0.3) is 10.0 Å². The first-order chi connectivity index (χ1) is 13.8. The molecule has 0 saturated carbocycles. The van der Waals surface area contributed by atoms with Crippen molar-refractivity contribution >= 4 is 38.1 Å². The molecule has 0 unspecified atom stereocenters. The van der Waals surface area contributed by atoms with Crippen LogP contribution >= 0.6 is 22.9 Å². The van der Waals surface area contributed by atoms with Crippen molar-refractivity contribution in [1.29, 1.82) is 0 Å². The summed E-state index contributed by atoms with van der Waals surface area (Å²) in [6.07, 6.45) is 0.695. The number of rotatable bonds is 12. The molecule has 0 radical (unpaired) electrons. The van der Waals surface area contributed by atoms with Gasteiger partial charge in [0.1, 0.15) is 0 Å². The Kier molecular flexibility index (Phi) is 9.22. The van der Waals surface area contributed by atoms with Crippen LogP contribution in [0.1, 0.15) is 33.1 Å². The molecule has 0 aliphatic rings. The molecule has 29 heavy (non-hydrogen) atoms. The van der Waals surface area contributed by atoms with Gasteiger partial charge in [-0.05, 0) is 37.9 Å². The fraction of sp³-hybridized carbons (Fsp3) is 0.500. The van der Waals surface area contributed by atoms with Crippen molar-refractivity contribution in [2.45, 2.75) is 55.7 Å². The average Bonchev–Trinajstić information content (AvgIpc) is 3.15. The first-order valence-electron chi connectivity index (χ1n) is 9.28. The fourth-order valence-electron chi connectivity index (χ4n) is 2.58. The van der Waals surface area contributed by atoms with Gasteiger partial charge in [-0.25, -0.2) is 22.8 Å². The van der Waals surface area contributed by atoms with Crippen LogP contribution < -0.4 is 15.2 Å². The molecule has 2 aromatic rings. The summed E-state index contributed by atoms with van der Waals surface area (Å²) >= 11 is 6.78. The Bertz CT molecular complexity index is 855. The molecule has 0 bridgehead atoms. The molecular weight excluding hydrogens is 442 g/mol. The summed E-state index contributed by atoms with van der Waals surface area (Å²) in [4.78, 5) is 5.99. The van der Waals surface area contributed by atoms with Crippen molar-refractivity contribution in [3.05, 3.63) is 41.7 Å². The Hall–Kier alpha value is -1.33. The van der Waals surface area contributed by atoms with Gasteiger partial charge in [0.2, 0.25) is 11.4 Å². The zero-order valence-corrected chi connectivity index (χ0v) is 18.6. The Morgan fingerprint density at radius 3 is 2.52 bits per heavy atom. The third kappa shape index (κ3) is 6.85. The van der Waals surface area contributed by atoms with Crippen molar-refractivity contribution in [1.82, 2.24) is 15.1 Å². The number of nitrogens with one attached hydrogen (secondary N) is 2. The molecule has 11 heteroatoms. The van der Waals surface area contributed by atoms with Gasteiger partial charge >= 0.3 is 0 Å². The molecule has 1 aromatic heterocycles. The van der Waals surface area contributed by atoms with Crippen molar-refractivity contribution < 1.29 is 17.2 Å². The summed E-state index contributed by atoms with van der Waals surface area (Å²) < 4.78 is 54.7. The van der Waals surface area contributed by atoms with E-state index in [2.05, 4.69) is 15.1 Å². The maximum Gasteiger partial charge on any atom is 0.257 e. The van der Waals surface area contributed by atoms with Crippen LogP contribution in [0, 0.1) is 5.13 Å². The van der Waals surface area contributed by atoms with Crippen LogP contribution in [0.2, 0.25) is 0 Å². The zero-order chi connectivity index (χ0) is 21.4. The van der Waals surface area contributed by atoms with E-state index < -0.39 is 27.5 Å². The van der Waals surface area contributed by atoms with Crippen molar-refractivity contribution in [3.63, 3.8) is 0 Å². The van der Waals surface area contributed by atoms with Gasteiger partial charge in [0.05, 0.1) is 17.1 Å². The maximum atomic E-state index is 15.6. The highest BCUT2D eigenvalue weighted by Crippen LogP contribution is 2.26. The van der Waals surface area contributed by atoms with E-state index >= 15 is 4.39 Å². The molecule has 0 fully saturated rings. The molecule has 0 spiro atoms. The highest BCUT2D eigenvalue weighted by atomic mass is 35.5. The van der Waals surface area contributed by atoms with E-state index in [-0.39, 0.29) is 21.8 Å². The molecule has 0 aliphatic carbocycles. The predicted octanol–water partition coefficient (Wildman–Crippen LogP) is 4.05. The lowest BCUT2D eigenvalue weighted by atomic mass is 10.1. The van der Waals surface area contributed by atoms with Crippen LogP contribution in [-0.2, 0) is 10.0 Å². The van der Waals surface area contributed by atoms with Gasteiger partial charge in [-0.2, -0.15) is 4.39 Å². The molecule has 2 rings (SSSR count). The third-order valence-electron chi connectivity index (χ3n) is 4.13. The first kappa shape index (κ1) is 23.9. The van der Waals surface area contributed by atoms with E-state index in [9.17, 15) is 12.8 Å². The standard InChI is InChI=1S/C18H25ClF2N4O2S2/c1-3-10-22-15(11-13(19)4-2)17(21)25(18-23-12-16(20)28-18)24-29(26,27)14-8-6-5-7-9-14/h5-9,12-13,15,17,22,24H,3-4,10-11H2,1-2H3/t13-,15-,17+/m0/s1. The Morgan fingerprint density at radius 1 is 1.28 bits per heavy atom. The quantitative estimate of drug-likeness (QED) is 0.280. The van der Waals surface area contributed by atoms with E-state index in [0.29, 0.717) is 24.3 Å². The summed E-state index contributed by atoms with van der Waals surface area (Å²) in [5, 5.41) is 2.72. The van der Waals surface area contributed by atoms with Crippen LogP contribution in [0.3, 0.4) is 0 Å². The normalized spacial score (nSPS) is 15.1. The lowest BCUT2D eigenvalue weighted by Crippen LogP contribution is -2.55. The summed E-state index contributed by atoms with van der Waals surface area (Å²) in [7, 11) is -4.11. The van der Waals surface area contributed by atoms with E-state index in [1.807, 2.05) is 13.8 Å². The van der Waals surface area contributed by atoms with Gasteiger partial charge in [-0.1, -0.05) is 43.4 Å². The minimum Gasteiger partial charge on any atom is -0.310 e. The number of hydrogen-bond acceptors (Lipinski definition) is 6. The van der Waals surface area contributed by atoms with Gasteiger partial charge in [-0.3, -0.25) is 0 Å². The second-order valence-electron chi connectivity index (χ2n) is 6.40. The Morgan fingerprint density at radius 2 is 1.97 bits per heavy atom. The van der Waals surface area contributed by atoms with Crippen LogP contribution in [0.5, 0.6) is 0 Å². The summed E-state index contributed by atoms with van der Waals surface area (Å²) in [5.74, 6) is 0. The Labute approximate surface area is 179 Å². The van der Waals surface area contributed by atoms with E-state index in [1.54, 1.807) is 18.2 Å². The number of anilines is 1. The minimum absolute atomic E-state index is 0.0453. The van der Waals surface area contributed by atoms with E-state index in [0.717, 1.165) is 17.6 Å². The number of aromatic nitrogens is 1. The highest BCUT2D eigenvalue weighted by molar-refractivity contribution is 7.89. The van der Waals surface area contributed by atoms with Crippen LogP contribution in [0.15, 0.2) is 41.4 Å². The lowest BCUT2D eigenvalue weighted by Gasteiger charge is -2.32. The van der Waals surface area contributed by atoms with Crippen molar-refractivity contribution in [3.8, 4) is 0 Å². The van der Waals surface area contributed by atoms with Crippen molar-refractivity contribution in [2.24, 2.45) is 0 Å². The van der Waals surface area contributed by atoms with E-state index in [1.165, 1.54) is 12.1 Å². The molecule has 1 heterocycles. The molecule has 3 atom stereocenters. The molecular formula is C18H25ClF2N4O2S2. The Balaban J connectivity index is 2.35. The lowest BCUT2D eigenvalue weighted by molar-refractivity contribution is 0.221. The highest BCUT2D eigenvalue weighted by Gasteiger charge is 2.34. The van der Waals surface area contributed by atoms with Gasteiger partial charge in [0, 0.05) is 5.38 Å². The third-order valence-corrected chi connectivity index (χ3v) is 6.73. The topological polar surface area (TPSA) is 74.3 Å². The molecule has 0 saturated heterocycles. The number of thiazole rings is 1. The number of alkyl halides is 2. The maximum absolute atomic E-state index is 15.6. The SMILES string of the molecule is CCCN[C@@H](C[C@@H](Cl)CC)[C@H](F)N(NS(=O)(=O)c1ccccc1)c1ncc(F)s1. The molecule has 2 N–H and O–H groups in total. The van der Waals surface area contributed by atoms with Crippen LogP contribution in [-0.4, -0.2) is 37.7 Å². The second kappa shape index (κ2) is 11.2. The van der Waals surface area contributed by atoms with Crippen molar-refractivity contribution in [2.75, 3.05) is 11.6 Å². The predicted molar refractivity (Wildman–Crippen MR) is 113 cm³/mol. The average molecular weight is 467 g/mol. The number of hydrazine groups is 1. The van der Waals surface area contributed by atoms with Gasteiger partial charge in [-0.15, -0.1) is 16.4 Å². The van der Waals surface area contributed by atoms with Crippen LogP contribution in [0.25, 0.3) is 0 Å². The minimum atomic E-state index is -4.11. The molecule has 6 nitrogen and oxygen atoms in total. The number of hydrogen-bond donors (Lipinski definition) is 2. The van der Waals surface area contributed by atoms with E-state index in [4.69, 9.17) is 11.6 Å². The largest absolute Gasteiger partial charge is 0.310 e. The molecule has 0 aliphatic heterocycles. The number of nitrogens with zero attached hydrogens (tertiary/aromatic N) is 2.